The average molecular weight is 507 g/mol. The molecule has 0 radical (unpaired) electrons. The first kappa shape index (κ1) is 25.8. The van der Waals surface area contributed by atoms with Gasteiger partial charge < -0.3 is 21.3 Å². The van der Waals surface area contributed by atoms with Crippen molar-refractivity contribution in [1.82, 2.24) is 15.3 Å². The number of hydrogen-bond acceptors (Lipinski definition) is 6. The van der Waals surface area contributed by atoms with E-state index in [4.69, 9.17) is 11.6 Å². The fourth-order valence-electron chi connectivity index (χ4n) is 3.35. The number of halogens is 4. The van der Waals surface area contributed by atoms with Crippen molar-refractivity contribution < 1.29 is 22.8 Å². The minimum Gasteiger partial charge on any atom is -0.355 e. The van der Waals surface area contributed by atoms with E-state index in [1.54, 1.807) is 6.08 Å². The summed E-state index contributed by atoms with van der Waals surface area (Å²) in [6, 6.07) is 2.94. The molecule has 184 valence electrons. The van der Waals surface area contributed by atoms with Gasteiger partial charge in [0.15, 0.2) is 5.82 Å². The third-order valence-corrected chi connectivity index (χ3v) is 5.27. The first-order chi connectivity index (χ1) is 16.5. The van der Waals surface area contributed by atoms with Crippen molar-refractivity contribution in [1.29, 1.82) is 0 Å². The number of alkyl halides is 3. The Kier molecular flexibility index (Phi) is 7.80. The van der Waals surface area contributed by atoms with Gasteiger partial charge in [0.05, 0.1) is 11.8 Å². The Bertz CT molecular complexity index is 1230. The Morgan fingerprint density at radius 3 is 2.57 bits per heavy atom. The van der Waals surface area contributed by atoms with Crippen LogP contribution in [0.3, 0.4) is 0 Å². The van der Waals surface area contributed by atoms with Gasteiger partial charge in [-0.3, -0.25) is 9.59 Å². The lowest BCUT2D eigenvalue weighted by atomic mass is 9.90. The normalized spacial score (nSPS) is 15.4. The number of aromatic nitrogens is 2. The summed E-state index contributed by atoms with van der Waals surface area (Å²) >= 11 is 6.23. The van der Waals surface area contributed by atoms with Crippen molar-refractivity contribution in [3.05, 3.63) is 71.1 Å². The molecule has 1 aromatic heterocycles. The molecule has 35 heavy (non-hydrogen) atoms. The van der Waals surface area contributed by atoms with E-state index in [1.807, 2.05) is 13.0 Å². The fourth-order valence-corrected chi connectivity index (χ4v) is 3.49. The van der Waals surface area contributed by atoms with Gasteiger partial charge in [0.2, 0.25) is 17.8 Å². The molecule has 1 atom stereocenters. The van der Waals surface area contributed by atoms with E-state index in [2.05, 4.69) is 37.8 Å². The maximum atomic E-state index is 13.4. The highest BCUT2D eigenvalue weighted by Crippen LogP contribution is 2.34. The third kappa shape index (κ3) is 6.38. The molecular formula is C23H22ClF3N6O2. The lowest BCUT2D eigenvalue weighted by Gasteiger charge is -2.22. The number of benzene rings is 1. The van der Waals surface area contributed by atoms with Crippen LogP contribution in [0.4, 0.5) is 36.3 Å². The Labute approximate surface area is 204 Å². The molecule has 1 aliphatic rings. The van der Waals surface area contributed by atoms with Gasteiger partial charge in [0, 0.05) is 29.7 Å². The molecule has 2 aromatic rings. The zero-order valence-corrected chi connectivity index (χ0v) is 19.5. The zero-order valence-electron chi connectivity index (χ0n) is 18.8. The van der Waals surface area contributed by atoms with Gasteiger partial charge >= 0.3 is 6.18 Å². The van der Waals surface area contributed by atoms with Crippen LogP contribution in [0.25, 0.3) is 0 Å². The minimum absolute atomic E-state index is 0.0242. The molecule has 1 unspecified atom stereocenters. The van der Waals surface area contributed by atoms with Gasteiger partial charge in [0.25, 0.3) is 0 Å². The number of anilines is 4. The number of amides is 2. The second-order valence-electron chi connectivity index (χ2n) is 7.58. The predicted octanol–water partition coefficient (Wildman–Crippen LogP) is 5.02. The summed E-state index contributed by atoms with van der Waals surface area (Å²) in [5.74, 6) is -0.904. The van der Waals surface area contributed by atoms with Gasteiger partial charge in [-0.05, 0) is 42.7 Å². The zero-order chi connectivity index (χ0) is 25.8. The number of nitrogens with one attached hydrogen (secondary N) is 4. The maximum absolute atomic E-state index is 13.4. The number of nitrogens with zero attached hydrogens (tertiary/aromatic N) is 2. The molecule has 12 heteroatoms. The molecule has 1 heterocycles. The predicted molar refractivity (Wildman–Crippen MR) is 128 cm³/mol. The summed E-state index contributed by atoms with van der Waals surface area (Å²) in [4.78, 5) is 32.2. The number of carbonyl (C=O) groups excluding carboxylic acids is 2. The molecule has 0 fully saturated rings. The highest BCUT2D eigenvalue weighted by molar-refractivity contribution is 6.32. The van der Waals surface area contributed by atoms with E-state index in [9.17, 15) is 22.8 Å². The fraction of sp³-hybridized carbons (Fsp3) is 0.217. The minimum atomic E-state index is -4.66. The largest absolute Gasteiger partial charge is 0.416 e. The van der Waals surface area contributed by atoms with E-state index in [0.717, 1.165) is 18.2 Å². The van der Waals surface area contributed by atoms with Gasteiger partial charge in [-0.15, -0.1) is 0 Å². The summed E-state index contributed by atoms with van der Waals surface area (Å²) in [6.45, 7) is 5.19. The van der Waals surface area contributed by atoms with Crippen molar-refractivity contribution in [3.63, 3.8) is 0 Å². The summed E-state index contributed by atoms with van der Waals surface area (Å²) in [5, 5.41) is 10.8. The van der Waals surface area contributed by atoms with E-state index < -0.39 is 17.6 Å². The molecule has 2 amide bonds. The van der Waals surface area contributed by atoms with E-state index >= 15 is 0 Å². The topological polar surface area (TPSA) is 108 Å². The van der Waals surface area contributed by atoms with Crippen LogP contribution >= 0.6 is 11.6 Å². The van der Waals surface area contributed by atoms with Crippen molar-refractivity contribution in [2.75, 3.05) is 23.0 Å². The number of likely N-dealkylation sites (N-methyl/N-ethyl adjacent to an activating group) is 1. The number of carbonyl (C=O) groups is 2. The molecule has 8 nitrogen and oxygen atoms in total. The summed E-state index contributed by atoms with van der Waals surface area (Å²) in [7, 11) is 1.53. The standard InChI is InChI=1S/C23H22ClF3N6O2/c1-4-18(34)30-14-8-13(23(25,26)27)9-15(10-14)31-22-29-11-16(24)20(33-22)32-17-7-5-6-12(2)19(17)21(35)28-3/h4-5,7-12H,1,6H2,2-3H3,(H,28,35)(H,30,34)(H2,29,31,32,33). The first-order valence-corrected chi connectivity index (χ1v) is 10.7. The second kappa shape index (κ2) is 10.6. The summed E-state index contributed by atoms with van der Waals surface area (Å²) in [5.41, 5.74) is -0.108. The summed E-state index contributed by atoms with van der Waals surface area (Å²) in [6.07, 6.45) is 1.86. The van der Waals surface area contributed by atoms with Crippen molar-refractivity contribution in [2.24, 2.45) is 5.92 Å². The second-order valence-corrected chi connectivity index (χ2v) is 7.98. The summed E-state index contributed by atoms with van der Waals surface area (Å²) < 4.78 is 40.1. The molecule has 0 aliphatic heterocycles. The maximum Gasteiger partial charge on any atom is 0.416 e. The molecule has 0 saturated carbocycles. The van der Waals surface area contributed by atoms with Crippen LogP contribution in [0.5, 0.6) is 0 Å². The van der Waals surface area contributed by atoms with Crippen molar-refractivity contribution in [3.8, 4) is 0 Å². The Morgan fingerprint density at radius 2 is 1.91 bits per heavy atom. The first-order valence-electron chi connectivity index (χ1n) is 10.4. The van der Waals surface area contributed by atoms with Gasteiger partial charge in [-0.1, -0.05) is 31.2 Å². The molecule has 0 saturated heterocycles. The van der Waals surface area contributed by atoms with E-state index in [1.165, 1.54) is 19.3 Å². The number of hydrogen-bond donors (Lipinski definition) is 4. The van der Waals surface area contributed by atoms with Crippen LogP contribution in [-0.2, 0) is 15.8 Å². The lowest BCUT2D eigenvalue weighted by molar-refractivity contribution is -0.137. The van der Waals surface area contributed by atoms with Crippen molar-refractivity contribution in [2.45, 2.75) is 19.5 Å². The van der Waals surface area contributed by atoms with E-state index in [-0.39, 0.29) is 40.0 Å². The molecule has 0 bridgehead atoms. The third-order valence-electron chi connectivity index (χ3n) is 5.00. The molecule has 1 aromatic carbocycles. The highest BCUT2D eigenvalue weighted by atomic mass is 35.5. The van der Waals surface area contributed by atoms with Gasteiger partial charge in [0.1, 0.15) is 5.02 Å². The monoisotopic (exact) mass is 506 g/mol. The van der Waals surface area contributed by atoms with E-state index in [0.29, 0.717) is 17.7 Å². The Balaban J connectivity index is 1.95. The van der Waals surface area contributed by atoms with Gasteiger partial charge in [-0.2, -0.15) is 18.2 Å². The van der Waals surface area contributed by atoms with Crippen LogP contribution in [0, 0.1) is 5.92 Å². The molecule has 4 N–H and O–H groups in total. The highest BCUT2D eigenvalue weighted by Gasteiger charge is 2.31. The van der Waals surface area contributed by atoms with Crippen LogP contribution < -0.4 is 21.3 Å². The van der Waals surface area contributed by atoms with Crippen LogP contribution in [0.1, 0.15) is 18.9 Å². The average Bonchev–Trinajstić information content (AvgIpc) is 2.80. The Hall–Kier alpha value is -3.86. The van der Waals surface area contributed by atoms with Crippen LogP contribution in [-0.4, -0.2) is 28.8 Å². The molecule has 0 spiro atoms. The number of allylic oxidation sites excluding steroid dienone is 2. The van der Waals surface area contributed by atoms with Crippen LogP contribution in [0.15, 0.2) is 60.5 Å². The van der Waals surface area contributed by atoms with Gasteiger partial charge in [-0.25, -0.2) is 4.98 Å². The molecule has 3 rings (SSSR count). The smallest absolute Gasteiger partial charge is 0.355 e. The van der Waals surface area contributed by atoms with Crippen LogP contribution in [0.2, 0.25) is 5.02 Å². The number of rotatable bonds is 7. The molecular weight excluding hydrogens is 485 g/mol. The quantitative estimate of drug-likeness (QED) is 0.392. The van der Waals surface area contributed by atoms with Crippen molar-refractivity contribution >= 4 is 46.6 Å². The SMILES string of the molecule is C=CC(=O)Nc1cc(Nc2ncc(Cl)c(NC3=C(C(=O)NC)C(C)CC=C3)n2)cc(C(F)(F)F)c1. The lowest BCUT2D eigenvalue weighted by Crippen LogP contribution is -2.27. The Morgan fingerprint density at radius 1 is 1.20 bits per heavy atom. The molecule has 1 aliphatic carbocycles.